The summed E-state index contributed by atoms with van der Waals surface area (Å²) in [5.74, 6) is 0. The Hall–Kier alpha value is -7.80. The zero-order valence-electron chi connectivity index (χ0n) is 54.5. The van der Waals surface area contributed by atoms with Gasteiger partial charge in [0.05, 0.1) is 11.2 Å². The predicted octanol–water partition coefficient (Wildman–Crippen LogP) is 21.4. The summed E-state index contributed by atoms with van der Waals surface area (Å²) in [6.07, 6.45) is 2.28. The summed E-state index contributed by atoms with van der Waals surface area (Å²) in [5.41, 5.74) is 26.4. The van der Waals surface area contributed by atoms with Crippen molar-refractivity contribution in [3.63, 3.8) is 0 Å². The summed E-state index contributed by atoms with van der Waals surface area (Å²) >= 11 is 1.93. The minimum absolute atomic E-state index is 0.00384. The number of hydrogen-bond donors (Lipinski definition) is 0. The molecule has 6 heteroatoms. The summed E-state index contributed by atoms with van der Waals surface area (Å²) in [7, 11) is 0. The van der Waals surface area contributed by atoms with E-state index >= 15 is 0 Å². The Kier molecular flexibility index (Phi) is 12.8. The highest BCUT2D eigenvalue weighted by Gasteiger charge is 2.45. The van der Waals surface area contributed by atoms with Gasteiger partial charge in [-0.05, 0) is 193 Å². The minimum Gasteiger partial charge on any atom is -0.311 e. The molecule has 0 amide bonds. The maximum Gasteiger partial charge on any atom is 0.252 e. The summed E-state index contributed by atoms with van der Waals surface area (Å²) in [5, 5.41) is 3.97. The molecular formula is C81H85BN4S. The highest BCUT2D eigenvalue weighted by molar-refractivity contribution is 7.26. The van der Waals surface area contributed by atoms with Crippen LogP contribution in [0.2, 0.25) is 0 Å². The maximum atomic E-state index is 2.72. The van der Waals surface area contributed by atoms with Gasteiger partial charge in [0.25, 0.3) is 6.71 Å². The molecule has 2 aliphatic heterocycles. The van der Waals surface area contributed by atoms with Crippen LogP contribution in [-0.2, 0) is 32.5 Å². The molecule has 0 spiro atoms. The first kappa shape index (κ1) is 57.0. The van der Waals surface area contributed by atoms with E-state index in [9.17, 15) is 0 Å². The Balaban J connectivity index is 1.11. The number of para-hydroxylation sites is 1. The maximum absolute atomic E-state index is 2.72. The second kappa shape index (κ2) is 19.6. The third-order valence-electron chi connectivity index (χ3n) is 20.0. The van der Waals surface area contributed by atoms with Gasteiger partial charge in [0.2, 0.25) is 0 Å². The largest absolute Gasteiger partial charge is 0.311 e. The normalized spacial score (nSPS) is 15.2. The summed E-state index contributed by atoms with van der Waals surface area (Å²) in [6, 6.07) is 71.5. The monoisotopic (exact) mass is 1160 g/mol. The zero-order valence-corrected chi connectivity index (χ0v) is 55.3. The van der Waals surface area contributed by atoms with Gasteiger partial charge in [0, 0.05) is 72.0 Å². The van der Waals surface area contributed by atoms with Gasteiger partial charge >= 0.3 is 0 Å². The molecule has 0 saturated heterocycles. The van der Waals surface area contributed by atoms with E-state index < -0.39 is 0 Å². The number of fused-ring (bicyclic) bond motifs is 10. The molecule has 438 valence electrons. The number of rotatable bonds is 7. The van der Waals surface area contributed by atoms with Gasteiger partial charge in [-0.15, -0.1) is 11.3 Å². The lowest BCUT2D eigenvalue weighted by Gasteiger charge is -2.45. The Morgan fingerprint density at radius 3 is 1.36 bits per heavy atom. The van der Waals surface area contributed by atoms with E-state index in [1.165, 1.54) is 109 Å². The summed E-state index contributed by atoms with van der Waals surface area (Å²) in [6.45, 7) is 39.9. The quantitative estimate of drug-likeness (QED) is 0.148. The predicted molar refractivity (Wildman–Crippen MR) is 380 cm³/mol. The van der Waals surface area contributed by atoms with Gasteiger partial charge < -0.3 is 19.3 Å². The third kappa shape index (κ3) is 9.28. The molecule has 0 bridgehead atoms. The number of anilines is 9. The van der Waals surface area contributed by atoms with E-state index in [0.29, 0.717) is 0 Å². The Morgan fingerprint density at radius 2 is 0.851 bits per heavy atom. The van der Waals surface area contributed by atoms with Crippen molar-refractivity contribution in [1.29, 1.82) is 0 Å². The van der Waals surface area contributed by atoms with Gasteiger partial charge in [-0.2, -0.15) is 0 Å². The Bertz CT molecular complexity index is 4430. The molecule has 4 heterocycles. The van der Waals surface area contributed by atoms with E-state index in [4.69, 9.17) is 0 Å². The number of hydrogen-bond acceptors (Lipinski definition) is 4. The second-order valence-electron chi connectivity index (χ2n) is 31.1. The van der Waals surface area contributed by atoms with Crippen LogP contribution in [0.15, 0.2) is 182 Å². The van der Waals surface area contributed by atoms with Gasteiger partial charge in [0.15, 0.2) is 0 Å². The van der Waals surface area contributed by atoms with Crippen molar-refractivity contribution in [3.05, 3.63) is 221 Å². The molecule has 0 atom stereocenters. The topological polar surface area (TPSA) is 14.7 Å². The van der Waals surface area contributed by atoms with Crippen LogP contribution in [0.4, 0.5) is 51.2 Å². The Morgan fingerprint density at radius 1 is 0.414 bits per heavy atom. The smallest absolute Gasteiger partial charge is 0.252 e. The van der Waals surface area contributed by atoms with E-state index in [-0.39, 0.29) is 39.2 Å². The van der Waals surface area contributed by atoms with Gasteiger partial charge in [0.1, 0.15) is 4.83 Å². The van der Waals surface area contributed by atoms with Crippen LogP contribution >= 0.6 is 11.3 Å². The lowest BCUT2D eigenvalue weighted by Crippen LogP contribution is -2.60. The molecule has 9 aromatic carbocycles. The first-order chi connectivity index (χ1) is 41.1. The molecule has 2 aromatic heterocycles. The number of benzene rings is 9. The van der Waals surface area contributed by atoms with Crippen molar-refractivity contribution in [2.75, 3.05) is 14.7 Å². The second-order valence-corrected chi connectivity index (χ2v) is 32.1. The van der Waals surface area contributed by atoms with Crippen LogP contribution in [0.1, 0.15) is 163 Å². The lowest BCUT2D eigenvalue weighted by atomic mass is 9.33. The number of nitrogens with zero attached hydrogens (tertiary/aromatic N) is 4. The third-order valence-corrected chi connectivity index (χ3v) is 21.2. The van der Waals surface area contributed by atoms with Crippen LogP contribution in [0, 0.1) is 6.92 Å². The number of aryl methyl sites for hydroxylation is 1. The molecule has 1 aliphatic carbocycles. The molecular weight excluding hydrogens is 1070 g/mol. The molecule has 0 N–H and O–H groups in total. The van der Waals surface area contributed by atoms with Gasteiger partial charge in [-0.3, -0.25) is 0 Å². The SMILES string of the molecule is Cc1cc2c(cc1N1c3cc(N(c4ccc(C(C)(C)C)cc4)c4ccc(C(C)(C)C)cc4)ccc3B3c4c1cc(N(c1ccc(C(C)(C)C)cc1)c1ccc(C(C)(C)C)cc1)cc4-n1c4sc5ccccc5c4c4cccc3c41)C(C)(C)CCC2(C)C. The molecule has 87 heavy (non-hydrogen) atoms. The fourth-order valence-electron chi connectivity index (χ4n) is 14.7. The van der Waals surface area contributed by atoms with Crippen LogP contribution in [0.5, 0.6) is 0 Å². The minimum atomic E-state index is -0.0692. The standard InChI is InChI=1S/C81H85BN4S/c1-50-45-63-64(81(16,17)44-43-80(63,14)15)49-67(50)85-68-46-59(83(55-33-25-51(26-34-55)76(2,3)4)56-35-27-52(28-36-56)77(5,6)7)41-42-65(68)82-66-23-20-22-62-72-61-21-18-19-24-71(61)87-75(72)86(74(62)66)70-48-60(47-69(85)73(70)82)84(57-37-29-53(30-38-57)78(8,9)10)58-39-31-54(32-40-58)79(11,12)13/h18-42,45-49H,43-44H2,1-17H3. The van der Waals surface area contributed by atoms with Crippen LogP contribution in [-0.4, -0.2) is 11.3 Å². The highest BCUT2D eigenvalue weighted by Crippen LogP contribution is 2.53. The van der Waals surface area contributed by atoms with Gasteiger partial charge in [-0.1, -0.05) is 208 Å². The molecule has 0 radical (unpaired) electrons. The zero-order chi connectivity index (χ0) is 61.2. The Labute approximate surface area is 522 Å². The summed E-state index contributed by atoms with van der Waals surface area (Å²) in [4.78, 5) is 9.04. The van der Waals surface area contributed by atoms with Crippen molar-refractivity contribution >= 4 is 117 Å². The molecule has 4 nitrogen and oxygen atoms in total. The van der Waals surface area contributed by atoms with Crippen molar-refractivity contribution in [2.45, 2.75) is 163 Å². The van der Waals surface area contributed by atoms with Crippen LogP contribution in [0.3, 0.4) is 0 Å². The number of thiophene rings is 1. The van der Waals surface area contributed by atoms with Crippen molar-refractivity contribution in [3.8, 4) is 5.69 Å². The first-order valence-electron chi connectivity index (χ1n) is 31.8. The average molecular weight is 1160 g/mol. The molecule has 0 unspecified atom stereocenters. The molecule has 14 rings (SSSR count). The molecule has 0 fully saturated rings. The van der Waals surface area contributed by atoms with E-state index in [1.54, 1.807) is 0 Å². The molecule has 3 aliphatic rings. The van der Waals surface area contributed by atoms with E-state index in [2.05, 4.69) is 319 Å². The van der Waals surface area contributed by atoms with Crippen molar-refractivity contribution < 1.29 is 0 Å². The average Bonchev–Trinajstić information content (AvgIpc) is 1.65. The van der Waals surface area contributed by atoms with Gasteiger partial charge in [-0.25, -0.2) is 0 Å². The summed E-state index contributed by atoms with van der Waals surface area (Å²) < 4.78 is 3.99. The fraction of sp³-hybridized carbons (Fsp3) is 0.309. The first-order valence-corrected chi connectivity index (χ1v) is 32.6. The molecule has 0 saturated carbocycles. The van der Waals surface area contributed by atoms with Crippen LogP contribution < -0.4 is 31.1 Å². The number of aromatic nitrogens is 1. The lowest BCUT2D eigenvalue weighted by molar-refractivity contribution is 0.332. The fourth-order valence-corrected chi connectivity index (χ4v) is 15.9. The highest BCUT2D eigenvalue weighted by atomic mass is 32.1. The van der Waals surface area contributed by atoms with Crippen LogP contribution in [0.25, 0.3) is 36.9 Å². The van der Waals surface area contributed by atoms with E-state index in [0.717, 1.165) is 47.0 Å². The molecule has 11 aromatic rings. The van der Waals surface area contributed by atoms with Crippen molar-refractivity contribution in [1.82, 2.24) is 4.57 Å². The van der Waals surface area contributed by atoms with Crippen molar-refractivity contribution in [2.24, 2.45) is 0 Å². The van der Waals surface area contributed by atoms with E-state index in [1.807, 2.05) is 11.3 Å².